The highest BCUT2D eigenvalue weighted by molar-refractivity contribution is 4.88. The summed E-state index contributed by atoms with van der Waals surface area (Å²) in [4.78, 5) is 2.60. The van der Waals surface area contributed by atoms with Gasteiger partial charge in [0.15, 0.2) is 0 Å². The van der Waals surface area contributed by atoms with E-state index in [-0.39, 0.29) is 0 Å². The van der Waals surface area contributed by atoms with Crippen LogP contribution in [0, 0.1) is 11.8 Å². The molecule has 0 radical (unpaired) electrons. The smallest absolute Gasteiger partial charge is 0.00247 e. The molecule has 0 unspecified atom stereocenters. The lowest BCUT2D eigenvalue weighted by atomic mass is 9.72. The first kappa shape index (κ1) is 7.60. The lowest BCUT2D eigenvalue weighted by Crippen LogP contribution is -2.51. The van der Waals surface area contributed by atoms with Crippen molar-refractivity contribution in [3.63, 3.8) is 0 Å². The molecule has 64 valence electrons. The molecule has 1 saturated carbocycles. The molecule has 0 bridgehead atoms. The molecular weight excluding hydrogens is 134 g/mol. The first-order valence-electron chi connectivity index (χ1n) is 5.12. The Morgan fingerprint density at radius 3 is 2.36 bits per heavy atom. The van der Waals surface area contributed by atoms with Crippen LogP contribution in [0.1, 0.15) is 32.6 Å². The van der Waals surface area contributed by atoms with Gasteiger partial charge >= 0.3 is 0 Å². The maximum absolute atomic E-state index is 2.60. The minimum Gasteiger partial charge on any atom is -0.303 e. The van der Waals surface area contributed by atoms with E-state index in [4.69, 9.17) is 0 Å². The van der Waals surface area contributed by atoms with Crippen LogP contribution in [-0.4, -0.2) is 24.5 Å². The minimum absolute atomic E-state index is 1.09. The largest absolute Gasteiger partial charge is 0.303 e. The van der Waals surface area contributed by atoms with Crippen LogP contribution >= 0.6 is 0 Å². The highest BCUT2D eigenvalue weighted by atomic mass is 15.2. The molecule has 2 fully saturated rings. The van der Waals surface area contributed by atoms with Crippen LogP contribution in [0.4, 0.5) is 0 Å². The van der Waals surface area contributed by atoms with Crippen molar-refractivity contribution in [3.8, 4) is 0 Å². The maximum Gasteiger partial charge on any atom is 0.00247 e. The molecule has 1 saturated heterocycles. The fourth-order valence-electron chi connectivity index (χ4n) is 2.32. The van der Waals surface area contributed by atoms with E-state index in [0.717, 1.165) is 11.8 Å². The number of nitrogens with zero attached hydrogens (tertiary/aromatic N) is 1. The fraction of sp³-hybridized carbons (Fsp3) is 1.00. The molecule has 2 aliphatic rings. The van der Waals surface area contributed by atoms with E-state index in [1.807, 2.05) is 0 Å². The van der Waals surface area contributed by atoms with Crippen molar-refractivity contribution in [3.05, 3.63) is 0 Å². The van der Waals surface area contributed by atoms with Crippen molar-refractivity contribution in [1.82, 2.24) is 4.90 Å². The van der Waals surface area contributed by atoms with Gasteiger partial charge in [-0.25, -0.2) is 0 Å². The second kappa shape index (κ2) is 3.14. The molecule has 11 heavy (non-hydrogen) atoms. The summed E-state index contributed by atoms with van der Waals surface area (Å²) in [6.07, 6.45) is 5.90. The molecule has 0 N–H and O–H groups in total. The van der Waals surface area contributed by atoms with Gasteiger partial charge in [0.1, 0.15) is 0 Å². The summed E-state index contributed by atoms with van der Waals surface area (Å²) in [5.41, 5.74) is 0. The SMILES string of the molecule is CCCN1CC(C2CCC2)C1. The van der Waals surface area contributed by atoms with Crippen LogP contribution in [0.2, 0.25) is 0 Å². The summed E-state index contributed by atoms with van der Waals surface area (Å²) < 4.78 is 0. The molecule has 1 aliphatic carbocycles. The highest BCUT2D eigenvalue weighted by Gasteiger charge is 2.35. The topological polar surface area (TPSA) is 3.24 Å². The number of hydrogen-bond acceptors (Lipinski definition) is 1. The van der Waals surface area contributed by atoms with Gasteiger partial charge in [-0.2, -0.15) is 0 Å². The van der Waals surface area contributed by atoms with E-state index in [9.17, 15) is 0 Å². The van der Waals surface area contributed by atoms with Gasteiger partial charge in [0, 0.05) is 13.1 Å². The third-order valence-electron chi connectivity index (χ3n) is 3.34. The van der Waals surface area contributed by atoms with Crippen molar-refractivity contribution in [2.24, 2.45) is 11.8 Å². The van der Waals surface area contributed by atoms with Gasteiger partial charge in [-0.1, -0.05) is 26.2 Å². The average Bonchev–Trinajstić information content (AvgIpc) is 1.79. The highest BCUT2D eigenvalue weighted by Crippen LogP contribution is 2.37. The predicted molar refractivity (Wildman–Crippen MR) is 47.6 cm³/mol. The molecule has 0 aromatic carbocycles. The second-order valence-electron chi connectivity index (χ2n) is 4.21. The van der Waals surface area contributed by atoms with E-state index in [0.29, 0.717) is 0 Å². The fourth-order valence-corrected chi connectivity index (χ4v) is 2.32. The molecule has 0 amide bonds. The summed E-state index contributed by atoms with van der Waals surface area (Å²) in [5, 5.41) is 0. The van der Waals surface area contributed by atoms with E-state index in [1.165, 1.54) is 45.3 Å². The first-order valence-corrected chi connectivity index (χ1v) is 5.12. The summed E-state index contributed by atoms with van der Waals surface area (Å²) in [7, 11) is 0. The quantitative estimate of drug-likeness (QED) is 0.600. The lowest BCUT2D eigenvalue weighted by molar-refractivity contribution is 0.0270. The van der Waals surface area contributed by atoms with Crippen LogP contribution in [0.3, 0.4) is 0 Å². The van der Waals surface area contributed by atoms with Crippen molar-refractivity contribution in [1.29, 1.82) is 0 Å². The standard InChI is InChI=1S/C10H19N/c1-2-6-11-7-10(8-11)9-4-3-5-9/h9-10H,2-8H2,1H3. The molecular formula is C10H19N. The monoisotopic (exact) mass is 153 g/mol. The minimum atomic E-state index is 1.09. The average molecular weight is 153 g/mol. The van der Waals surface area contributed by atoms with Gasteiger partial charge in [-0.05, 0) is 24.8 Å². The Balaban J connectivity index is 1.63. The van der Waals surface area contributed by atoms with E-state index >= 15 is 0 Å². The first-order chi connectivity index (χ1) is 5.40. The summed E-state index contributed by atoms with van der Waals surface area (Å²) in [6, 6.07) is 0. The predicted octanol–water partition coefficient (Wildman–Crippen LogP) is 2.13. The van der Waals surface area contributed by atoms with Gasteiger partial charge in [0.25, 0.3) is 0 Å². The molecule has 1 nitrogen and oxygen atoms in total. The zero-order chi connectivity index (χ0) is 7.68. The third-order valence-corrected chi connectivity index (χ3v) is 3.34. The van der Waals surface area contributed by atoms with Crippen molar-refractivity contribution in [2.75, 3.05) is 19.6 Å². The van der Waals surface area contributed by atoms with E-state index in [2.05, 4.69) is 11.8 Å². The summed E-state index contributed by atoms with van der Waals surface area (Å²) in [5.74, 6) is 2.22. The molecule has 0 aromatic heterocycles. The zero-order valence-corrected chi connectivity index (χ0v) is 7.55. The Bertz CT molecular complexity index is 123. The van der Waals surface area contributed by atoms with Gasteiger partial charge in [-0.3, -0.25) is 0 Å². The van der Waals surface area contributed by atoms with Crippen molar-refractivity contribution >= 4 is 0 Å². The number of likely N-dealkylation sites (tertiary alicyclic amines) is 1. The van der Waals surface area contributed by atoms with Crippen LogP contribution in [0.5, 0.6) is 0 Å². The normalized spacial score (nSPS) is 28.1. The molecule has 0 aromatic rings. The molecule has 1 heterocycles. The van der Waals surface area contributed by atoms with Crippen LogP contribution < -0.4 is 0 Å². The Morgan fingerprint density at radius 1 is 1.18 bits per heavy atom. The third kappa shape index (κ3) is 1.44. The van der Waals surface area contributed by atoms with Crippen LogP contribution in [0.25, 0.3) is 0 Å². The van der Waals surface area contributed by atoms with Crippen molar-refractivity contribution in [2.45, 2.75) is 32.6 Å². The molecule has 2 rings (SSSR count). The molecule has 0 atom stereocenters. The van der Waals surface area contributed by atoms with Gasteiger partial charge in [-0.15, -0.1) is 0 Å². The number of hydrogen-bond donors (Lipinski definition) is 0. The number of rotatable bonds is 3. The van der Waals surface area contributed by atoms with Gasteiger partial charge in [0.2, 0.25) is 0 Å². The zero-order valence-electron chi connectivity index (χ0n) is 7.55. The second-order valence-corrected chi connectivity index (χ2v) is 4.21. The molecule has 1 aliphatic heterocycles. The van der Waals surface area contributed by atoms with Crippen molar-refractivity contribution < 1.29 is 0 Å². The Morgan fingerprint density at radius 2 is 1.91 bits per heavy atom. The lowest BCUT2D eigenvalue weighted by Gasteiger charge is -2.46. The van der Waals surface area contributed by atoms with Crippen LogP contribution in [0.15, 0.2) is 0 Å². The Kier molecular flexibility index (Phi) is 2.17. The summed E-state index contributed by atoms with van der Waals surface area (Å²) >= 11 is 0. The van der Waals surface area contributed by atoms with Crippen LogP contribution in [-0.2, 0) is 0 Å². The Hall–Kier alpha value is -0.0400. The van der Waals surface area contributed by atoms with E-state index in [1.54, 1.807) is 0 Å². The maximum atomic E-state index is 2.60. The summed E-state index contributed by atoms with van der Waals surface area (Å²) in [6.45, 7) is 6.44. The molecule has 1 heteroatoms. The Labute approximate surface area is 69.8 Å². The van der Waals surface area contributed by atoms with Gasteiger partial charge in [0.05, 0.1) is 0 Å². The van der Waals surface area contributed by atoms with E-state index < -0.39 is 0 Å². The molecule has 0 spiro atoms. The van der Waals surface area contributed by atoms with Gasteiger partial charge < -0.3 is 4.90 Å².